The van der Waals surface area contributed by atoms with E-state index in [1.807, 2.05) is 12.1 Å². The summed E-state index contributed by atoms with van der Waals surface area (Å²) < 4.78 is 7.68. The second-order valence-electron chi connectivity index (χ2n) is 8.64. The molecule has 0 spiro atoms. The molecule has 3 heteroatoms. The zero-order valence-corrected chi connectivity index (χ0v) is 20.2. The van der Waals surface area contributed by atoms with E-state index in [0.29, 0.717) is 0 Å². The third kappa shape index (κ3) is 2.88. The summed E-state index contributed by atoms with van der Waals surface area (Å²) in [5.41, 5.74) is 2.31. The zero-order valence-electron chi connectivity index (χ0n) is 18.6. The van der Waals surface area contributed by atoms with Crippen molar-refractivity contribution in [1.29, 1.82) is 0 Å². The fraction of sp³-hybridized carbons (Fsp3) is 0.0323. The van der Waals surface area contributed by atoms with Crippen LogP contribution in [0.15, 0.2) is 140 Å². The van der Waals surface area contributed by atoms with Gasteiger partial charge in [-0.25, -0.2) is 0 Å². The van der Waals surface area contributed by atoms with Crippen molar-refractivity contribution in [3.8, 4) is 0 Å². The Morgan fingerprint density at radius 3 is 1.44 bits per heavy atom. The molecule has 1 nitrogen and oxygen atoms in total. The molecule has 5 aromatic rings. The Morgan fingerprint density at radius 1 is 0.500 bits per heavy atom. The van der Waals surface area contributed by atoms with Crippen LogP contribution in [0.2, 0.25) is 5.02 Å². The van der Waals surface area contributed by atoms with E-state index in [1.54, 1.807) is 0 Å². The van der Waals surface area contributed by atoms with E-state index >= 15 is 0 Å². The second kappa shape index (κ2) is 8.22. The van der Waals surface area contributed by atoms with Gasteiger partial charge in [0.05, 0.1) is 0 Å². The van der Waals surface area contributed by atoms with Gasteiger partial charge in [0.2, 0.25) is 0 Å². The number of halogens is 1. The Bertz CT molecular complexity index is 1330. The molecule has 0 N–H and O–H groups in total. The van der Waals surface area contributed by atoms with E-state index < -0.39 is 6.83 Å². The molecular weight excluding hydrogens is 455 g/mol. The molecule has 0 bridgehead atoms. The van der Waals surface area contributed by atoms with Gasteiger partial charge < -0.3 is 0 Å². The Hall–Kier alpha value is -3.22. The molecule has 0 saturated heterocycles. The zero-order chi connectivity index (χ0) is 23.0. The molecule has 0 fully saturated rings. The normalized spacial score (nSPS) is 19.0. The predicted molar refractivity (Wildman–Crippen MR) is 146 cm³/mol. The van der Waals surface area contributed by atoms with E-state index in [1.165, 1.54) is 26.8 Å². The van der Waals surface area contributed by atoms with Crippen LogP contribution in [0.4, 0.5) is 0 Å². The summed E-state index contributed by atoms with van der Waals surface area (Å²) in [6.07, 6.45) is -0.216. The van der Waals surface area contributed by atoms with Crippen molar-refractivity contribution in [3.05, 3.63) is 156 Å². The van der Waals surface area contributed by atoms with E-state index in [9.17, 15) is 0 Å². The first-order chi connectivity index (χ1) is 16.7. The third-order valence-corrected chi connectivity index (χ3v) is 13.0. The summed E-state index contributed by atoms with van der Waals surface area (Å²) in [5, 5.41) is 5.60. The van der Waals surface area contributed by atoms with Crippen LogP contribution >= 0.6 is 18.4 Å². The first-order valence-electron chi connectivity index (χ1n) is 11.5. The van der Waals surface area contributed by atoms with Gasteiger partial charge in [0.25, 0.3) is 0 Å². The van der Waals surface area contributed by atoms with Crippen LogP contribution in [0.3, 0.4) is 0 Å². The van der Waals surface area contributed by atoms with Crippen molar-refractivity contribution >= 4 is 39.6 Å². The molecule has 166 valence electrons. The third-order valence-electron chi connectivity index (χ3n) is 6.91. The monoisotopic (exact) mass is 478 g/mol. The van der Waals surface area contributed by atoms with Crippen LogP contribution in [0.1, 0.15) is 17.2 Å². The van der Waals surface area contributed by atoms with Crippen molar-refractivity contribution in [2.24, 2.45) is 0 Å². The van der Waals surface area contributed by atoms with Crippen molar-refractivity contribution in [1.82, 2.24) is 0 Å². The number of fused-ring (bicyclic) bond motifs is 1. The van der Waals surface area contributed by atoms with Gasteiger partial charge in [-0.3, -0.25) is 0 Å². The van der Waals surface area contributed by atoms with E-state index in [4.69, 9.17) is 16.1 Å². The van der Waals surface area contributed by atoms with Crippen molar-refractivity contribution < 1.29 is 4.52 Å². The second-order valence-corrected chi connectivity index (χ2v) is 13.4. The molecule has 1 aliphatic heterocycles. The van der Waals surface area contributed by atoms with Gasteiger partial charge in [-0.2, -0.15) is 0 Å². The summed E-state index contributed by atoms with van der Waals surface area (Å²) in [5.74, 6) is 0. The Balaban J connectivity index is 1.80. The number of rotatable bonds is 4. The fourth-order valence-corrected chi connectivity index (χ4v) is 11.8. The molecule has 0 aromatic heterocycles. The standard InChI is InChI=1S/C31H24ClOP/c32-25-22-20-24(21-23-25)31-29-18-10-11-19-30(29)34(33-31,26-12-4-1-5-13-26,27-14-6-2-7-15-27)28-16-8-3-9-17-28/h1-23,31H/t31-/m0/s1. The van der Waals surface area contributed by atoms with Gasteiger partial charge in [0.15, 0.2) is 0 Å². The summed E-state index contributed by atoms with van der Waals surface area (Å²) in [6, 6.07) is 49.2. The molecule has 1 atom stereocenters. The van der Waals surface area contributed by atoms with Gasteiger partial charge in [-0.1, -0.05) is 0 Å². The van der Waals surface area contributed by atoms with Crippen LogP contribution in [0.25, 0.3) is 0 Å². The molecule has 0 radical (unpaired) electrons. The van der Waals surface area contributed by atoms with Crippen LogP contribution < -0.4 is 21.2 Å². The first kappa shape index (κ1) is 21.3. The maximum atomic E-state index is 7.68. The Labute approximate surface area is 205 Å². The van der Waals surface area contributed by atoms with Gasteiger partial charge in [-0.15, -0.1) is 0 Å². The van der Waals surface area contributed by atoms with Crippen molar-refractivity contribution in [3.63, 3.8) is 0 Å². The molecule has 0 amide bonds. The van der Waals surface area contributed by atoms with Crippen LogP contribution in [0, 0.1) is 0 Å². The molecule has 6 rings (SSSR count). The van der Waals surface area contributed by atoms with Crippen molar-refractivity contribution in [2.45, 2.75) is 6.10 Å². The van der Waals surface area contributed by atoms with Crippen LogP contribution in [0.5, 0.6) is 0 Å². The van der Waals surface area contributed by atoms with Crippen molar-refractivity contribution in [2.75, 3.05) is 0 Å². The molecular formula is C31H24ClOP. The molecule has 0 unspecified atom stereocenters. The van der Waals surface area contributed by atoms with Gasteiger partial charge >= 0.3 is 206 Å². The summed E-state index contributed by atoms with van der Waals surface area (Å²) in [6.45, 7) is -3.55. The van der Waals surface area contributed by atoms with Crippen LogP contribution in [-0.2, 0) is 4.52 Å². The number of hydrogen-bond donors (Lipinski definition) is 0. The van der Waals surface area contributed by atoms with E-state index in [0.717, 1.165) is 10.6 Å². The molecule has 0 aliphatic carbocycles. The number of benzene rings is 5. The maximum absolute atomic E-state index is 7.68. The quantitative estimate of drug-likeness (QED) is 0.267. The average Bonchev–Trinajstić information content (AvgIpc) is 3.25. The topological polar surface area (TPSA) is 9.23 Å². The predicted octanol–water partition coefficient (Wildman–Crippen LogP) is 6.53. The molecule has 1 heterocycles. The van der Waals surface area contributed by atoms with E-state index in [-0.39, 0.29) is 6.10 Å². The minimum atomic E-state index is -3.55. The average molecular weight is 479 g/mol. The van der Waals surface area contributed by atoms with Gasteiger partial charge in [0.1, 0.15) is 0 Å². The molecule has 5 aromatic carbocycles. The minimum absolute atomic E-state index is 0.216. The fourth-order valence-electron chi connectivity index (χ4n) is 5.48. The summed E-state index contributed by atoms with van der Waals surface area (Å²) in [4.78, 5) is 0. The molecule has 1 aliphatic rings. The SMILES string of the molecule is Clc1ccc([C@@H]2OP(c3ccccc3)(c3ccccc3)(c3ccccc3)c3ccccc32)cc1. The molecule has 0 saturated carbocycles. The number of hydrogen-bond acceptors (Lipinski definition) is 1. The van der Waals surface area contributed by atoms with Gasteiger partial charge in [-0.05, 0) is 0 Å². The Morgan fingerprint density at radius 2 is 0.941 bits per heavy atom. The van der Waals surface area contributed by atoms with Gasteiger partial charge in [0, 0.05) is 0 Å². The summed E-state index contributed by atoms with van der Waals surface area (Å²) >= 11 is 6.26. The Kier molecular flexibility index (Phi) is 5.15. The first-order valence-corrected chi connectivity index (χ1v) is 14.0. The van der Waals surface area contributed by atoms with Crippen LogP contribution in [-0.4, -0.2) is 0 Å². The summed E-state index contributed by atoms with van der Waals surface area (Å²) in [7, 11) is 0. The van der Waals surface area contributed by atoms with E-state index in [2.05, 4.69) is 127 Å². The molecule has 34 heavy (non-hydrogen) atoms.